The van der Waals surface area contributed by atoms with Crippen LogP contribution < -0.4 is 15.6 Å². The third-order valence-corrected chi connectivity index (χ3v) is 4.88. The van der Waals surface area contributed by atoms with Gasteiger partial charge in [0.05, 0.1) is 11.5 Å². The molecule has 0 spiro atoms. The van der Waals surface area contributed by atoms with E-state index in [0.717, 1.165) is 24.0 Å². The van der Waals surface area contributed by atoms with Crippen LogP contribution in [0.15, 0.2) is 47.4 Å². The molecule has 7 nitrogen and oxygen atoms in total. The van der Waals surface area contributed by atoms with Crippen LogP contribution in [-0.2, 0) is 16.3 Å². The highest BCUT2D eigenvalue weighted by Crippen LogP contribution is 2.25. The van der Waals surface area contributed by atoms with E-state index < -0.39 is 21.7 Å². The summed E-state index contributed by atoms with van der Waals surface area (Å²) in [6, 6.07) is 10.6. The Morgan fingerprint density at radius 3 is 2.36 bits per heavy atom. The second-order valence-corrected chi connectivity index (χ2v) is 7.64. The van der Waals surface area contributed by atoms with Crippen LogP contribution in [0.2, 0.25) is 0 Å². The topological polar surface area (TPSA) is 102 Å². The Morgan fingerprint density at radius 1 is 1.00 bits per heavy atom. The molecule has 8 heteroatoms. The smallest absolute Gasteiger partial charge is 0.269 e. The number of carbonyl (C=O) groups is 2. The molecule has 0 atom stereocenters. The third kappa shape index (κ3) is 3.80. The molecule has 1 aliphatic rings. The van der Waals surface area contributed by atoms with Crippen molar-refractivity contribution in [2.24, 2.45) is 0 Å². The highest BCUT2D eigenvalue weighted by atomic mass is 32.2. The highest BCUT2D eigenvalue weighted by molar-refractivity contribution is 7.90. The Bertz CT molecular complexity index is 953. The highest BCUT2D eigenvalue weighted by Gasteiger charge is 2.16. The summed E-state index contributed by atoms with van der Waals surface area (Å²) >= 11 is 0. The summed E-state index contributed by atoms with van der Waals surface area (Å²) in [6.07, 6.45) is 1.80. The predicted octanol–water partition coefficient (Wildman–Crippen LogP) is 1.10. The third-order valence-electron chi connectivity index (χ3n) is 3.77. The van der Waals surface area contributed by atoms with Gasteiger partial charge in [-0.25, -0.2) is 8.42 Å². The van der Waals surface area contributed by atoms with Gasteiger partial charge in [0.1, 0.15) is 5.75 Å². The second kappa shape index (κ2) is 6.56. The summed E-state index contributed by atoms with van der Waals surface area (Å²) in [5.41, 5.74) is 6.07. The summed E-state index contributed by atoms with van der Waals surface area (Å²) in [5, 5.41) is 0. The normalized spacial score (nSPS) is 12.8. The van der Waals surface area contributed by atoms with E-state index in [1.54, 1.807) is 18.2 Å². The number of fused-ring (bicyclic) bond motifs is 1. The molecule has 0 unspecified atom stereocenters. The van der Waals surface area contributed by atoms with Gasteiger partial charge in [-0.2, -0.15) is 0 Å². The summed E-state index contributed by atoms with van der Waals surface area (Å²) < 4.78 is 28.5. The molecule has 2 aromatic rings. The number of sulfone groups is 1. The van der Waals surface area contributed by atoms with E-state index in [1.807, 2.05) is 0 Å². The van der Waals surface area contributed by atoms with Crippen molar-refractivity contribution < 1.29 is 22.7 Å². The summed E-state index contributed by atoms with van der Waals surface area (Å²) in [4.78, 5) is 24.3. The fourth-order valence-electron chi connectivity index (χ4n) is 2.45. The molecule has 0 saturated heterocycles. The monoisotopic (exact) mass is 360 g/mol. The number of benzene rings is 2. The molecule has 0 radical (unpaired) electrons. The van der Waals surface area contributed by atoms with Crippen molar-refractivity contribution in [3.8, 4) is 5.75 Å². The number of nitrogens with one attached hydrogen (secondary N) is 2. The fourth-order valence-corrected chi connectivity index (χ4v) is 3.12. The first-order chi connectivity index (χ1) is 11.8. The van der Waals surface area contributed by atoms with Crippen molar-refractivity contribution in [2.75, 3.05) is 12.9 Å². The van der Waals surface area contributed by atoms with E-state index in [0.29, 0.717) is 12.2 Å². The van der Waals surface area contributed by atoms with Gasteiger partial charge in [-0.05, 0) is 42.0 Å². The lowest BCUT2D eigenvalue weighted by Gasteiger charge is -2.09. The molecule has 2 N–H and O–H groups in total. The first kappa shape index (κ1) is 17.0. The van der Waals surface area contributed by atoms with Crippen molar-refractivity contribution in [2.45, 2.75) is 11.3 Å². The van der Waals surface area contributed by atoms with E-state index in [2.05, 4.69) is 10.9 Å². The number of carbonyl (C=O) groups excluding carboxylic acids is 2. The fraction of sp³-hybridized carbons (Fsp3) is 0.176. The number of rotatable bonds is 3. The van der Waals surface area contributed by atoms with Gasteiger partial charge in [0.25, 0.3) is 11.8 Å². The number of hydrogen-bond acceptors (Lipinski definition) is 5. The molecule has 130 valence electrons. The molecule has 1 heterocycles. The summed E-state index contributed by atoms with van der Waals surface area (Å²) in [6.45, 7) is 0.591. The lowest BCUT2D eigenvalue weighted by atomic mass is 10.1. The number of amides is 2. The largest absolute Gasteiger partial charge is 0.493 e. The lowest BCUT2D eigenvalue weighted by Crippen LogP contribution is -2.41. The molecule has 0 aromatic heterocycles. The minimum absolute atomic E-state index is 0.0325. The van der Waals surface area contributed by atoms with Crippen LogP contribution in [0.1, 0.15) is 26.3 Å². The van der Waals surface area contributed by atoms with Crippen molar-refractivity contribution in [1.82, 2.24) is 10.9 Å². The molecule has 2 amide bonds. The summed E-state index contributed by atoms with van der Waals surface area (Å²) in [5.74, 6) is -0.316. The van der Waals surface area contributed by atoms with Gasteiger partial charge in [-0.3, -0.25) is 20.4 Å². The van der Waals surface area contributed by atoms with Crippen molar-refractivity contribution in [1.29, 1.82) is 0 Å². The van der Waals surface area contributed by atoms with Crippen LogP contribution in [0.3, 0.4) is 0 Å². The maximum atomic E-state index is 12.1. The average molecular weight is 360 g/mol. The van der Waals surface area contributed by atoms with Gasteiger partial charge in [-0.15, -0.1) is 0 Å². The van der Waals surface area contributed by atoms with Gasteiger partial charge >= 0.3 is 0 Å². The van der Waals surface area contributed by atoms with Crippen LogP contribution in [0.4, 0.5) is 0 Å². The molecule has 0 saturated carbocycles. The molecular weight excluding hydrogens is 344 g/mol. The first-order valence-corrected chi connectivity index (χ1v) is 9.40. The second-order valence-electron chi connectivity index (χ2n) is 5.63. The van der Waals surface area contributed by atoms with Gasteiger partial charge in [0.2, 0.25) is 0 Å². The van der Waals surface area contributed by atoms with Crippen LogP contribution in [0.25, 0.3) is 0 Å². The molecule has 25 heavy (non-hydrogen) atoms. The number of ether oxygens (including phenoxy) is 1. The molecule has 2 aromatic carbocycles. The Balaban J connectivity index is 1.67. The van der Waals surface area contributed by atoms with Crippen molar-refractivity contribution in [3.63, 3.8) is 0 Å². The van der Waals surface area contributed by atoms with E-state index >= 15 is 0 Å². The predicted molar refractivity (Wildman–Crippen MR) is 90.1 cm³/mol. The minimum atomic E-state index is -3.42. The van der Waals surface area contributed by atoms with Crippen molar-refractivity contribution >= 4 is 21.7 Å². The molecule has 1 aliphatic heterocycles. The molecular formula is C17H16N2O5S. The lowest BCUT2D eigenvalue weighted by molar-refractivity contribution is 0.0846. The maximum absolute atomic E-state index is 12.1. The SMILES string of the molecule is CS(=O)(=O)c1cccc(C(=O)NNC(=O)c2ccc3c(c2)CCO3)c1. The molecule has 0 fully saturated rings. The zero-order valence-corrected chi connectivity index (χ0v) is 14.2. The number of hydrazine groups is 1. The van der Waals surface area contributed by atoms with Gasteiger partial charge in [-0.1, -0.05) is 6.07 Å². The first-order valence-electron chi connectivity index (χ1n) is 7.51. The molecule has 3 rings (SSSR count). The van der Waals surface area contributed by atoms with Crippen LogP contribution in [-0.4, -0.2) is 33.1 Å². The van der Waals surface area contributed by atoms with E-state index in [1.165, 1.54) is 24.3 Å². The zero-order chi connectivity index (χ0) is 18.0. The number of hydrogen-bond donors (Lipinski definition) is 2. The minimum Gasteiger partial charge on any atom is -0.493 e. The maximum Gasteiger partial charge on any atom is 0.269 e. The van der Waals surface area contributed by atoms with Crippen molar-refractivity contribution in [3.05, 3.63) is 59.2 Å². The van der Waals surface area contributed by atoms with Gasteiger partial charge < -0.3 is 4.74 Å². The Labute approximate surface area is 144 Å². The van der Waals surface area contributed by atoms with E-state index in [4.69, 9.17) is 4.74 Å². The van der Waals surface area contributed by atoms with Gasteiger partial charge in [0.15, 0.2) is 9.84 Å². The average Bonchev–Trinajstić information content (AvgIpc) is 3.06. The Kier molecular flexibility index (Phi) is 4.45. The molecule has 0 aliphatic carbocycles. The van der Waals surface area contributed by atoms with Crippen LogP contribution in [0, 0.1) is 0 Å². The Morgan fingerprint density at radius 2 is 1.68 bits per heavy atom. The summed E-state index contributed by atoms with van der Waals surface area (Å²) in [7, 11) is -3.42. The van der Waals surface area contributed by atoms with E-state index in [-0.39, 0.29) is 10.5 Å². The van der Waals surface area contributed by atoms with Crippen LogP contribution >= 0.6 is 0 Å². The van der Waals surface area contributed by atoms with Gasteiger partial charge in [0, 0.05) is 23.8 Å². The standard InChI is InChI=1S/C17H16N2O5S/c1-25(22,23)14-4-2-3-12(10-14)16(20)18-19-17(21)13-5-6-15-11(9-13)7-8-24-15/h2-6,9-10H,7-8H2,1H3,(H,18,20)(H,19,21). The Hall–Kier alpha value is -2.87. The quantitative estimate of drug-likeness (QED) is 0.798. The van der Waals surface area contributed by atoms with E-state index in [9.17, 15) is 18.0 Å². The zero-order valence-electron chi connectivity index (χ0n) is 13.4. The molecule has 0 bridgehead atoms. The van der Waals surface area contributed by atoms with Crippen LogP contribution in [0.5, 0.6) is 5.75 Å².